The molecule has 0 radical (unpaired) electrons. The second-order valence-corrected chi connectivity index (χ2v) is 14.6. The first-order valence-electron chi connectivity index (χ1n) is 19.1. The van der Waals surface area contributed by atoms with Crippen molar-refractivity contribution in [3.8, 4) is 11.1 Å². The van der Waals surface area contributed by atoms with Gasteiger partial charge in [0, 0.05) is 0 Å². The Kier molecular flexibility index (Phi) is 16.4. The Morgan fingerprint density at radius 2 is 1.41 bits per heavy atom. The van der Waals surface area contributed by atoms with E-state index in [-0.39, 0.29) is 48.8 Å². The van der Waals surface area contributed by atoms with Crippen LogP contribution in [0, 0.1) is 23.6 Å². The van der Waals surface area contributed by atoms with Gasteiger partial charge in [0.05, 0.1) is 56.2 Å². The molecule has 0 aliphatic heterocycles. The largest absolute Gasteiger partial charge is 0.462 e. The molecular weight excluding hydrogens is 647 g/mol. The standard InChI is InChI=1S/C43H59FO7/c1-5-7-8-9-31-10-20-39(33(6-2)22-31)37-17-21-40(41(44)23-37)36-13-11-34(12-14-36)35-15-18-38(19-16-35)49-26-32(27-50-42(47)29(3)24-45)28-51-43(48)30(4)25-46/h10,17,20-23,32,34-36,38,45-46H,3-9,11-16,18-19,24-28H2,1-2H3. The van der Waals surface area contributed by atoms with Gasteiger partial charge in [0.1, 0.15) is 5.82 Å². The lowest BCUT2D eigenvalue weighted by atomic mass is 9.69. The first kappa shape index (κ1) is 40.4. The highest BCUT2D eigenvalue weighted by Crippen LogP contribution is 2.44. The van der Waals surface area contributed by atoms with Gasteiger partial charge in [0.2, 0.25) is 0 Å². The Labute approximate surface area is 304 Å². The number of aliphatic hydroxyl groups is 2. The minimum absolute atomic E-state index is 0.0596. The lowest BCUT2D eigenvalue weighted by Crippen LogP contribution is -2.31. The van der Waals surface area contributed by atoms with Crippen LogP contribution in [0.4, 0.5) is 4.39 Å². The molecule has 2 aromatic carbocycles. The van der Waals surface area contributed by atoms with Crippen LogP contribution in [-0.2, 0) is 36.6 Å². The van der Waals surface area contributed by atoms with Crippen molar-refractivity contribution in [3.05, 3.63) is 83.2 Å². The smallest absolute Gasteiger partial charge is 0.335 e. The van der Waals surface area contributed by atoms with Crippen LogP contribution in [0.5, 0.6) is 0 Å². The molecule has 0 heterocycles. The maximum Gasteiger partial charge on any atom is 0.335 e. The molecule has 280 valence electrons. The molecule has 7 nitrogen and oxygen atoms in total. The van der Waals surface area contributed by atoms with Crippen molar-refractivity contribution in [2.24, 2.45) is 17.8 Å². The topological polar surface area (TPSA) is 102 Å². The highest BCUT2D eigenvalue weighted by molar-refractivity contribution is 5.88. The predicted molar refractivity (Wildman–Crippen MR) is 199 cm³/mol. The fourth-order valence-electron chi connectivity index (χ4n) is 7.75. The summed E-state index contributed by atoms with van der Waals surface area (Å²) >= 11 is 0. The molecule has 0 unspecified atom stereocenters. The average Bonchev–Trinajstić information content (AvgIpc) is 3.16. The van der Waals surface area contributed by atoms with Gasteiger partial charge in [-0.25, -0.2) is 14.0 Å². The quantitative estimate of drug-likeness (QED) is 0.0859. The molecule has 2 aliphatic rings. The van der Waals surface area contributed by atoms with Gasteiger partial charge in [-0.15, -0.1) is 0 Å². The number of halogens is 1. The molecular formula is C43H59FO7. The van der Waals surface area contributed by atoms with Gasteiger partial charge >= 0.3 is 11.9 Å². The summed E-state index contributed by atoms with van der Waals surface area (Å²) in [5.41, 5.74) is 5.50. The number of hydrogen-bond acceptors (Lipinski definition) is 7. The third kappa shape index (κ3) is 11.8. The van der Waals surface area contributed by atoms with E-state index in [1.165, 1.54) is 30.4 Å². The van der Waals surface area contributed by atoms with Crippen molar-refractivity contribution in [2.75, 3.05) is 33.0 Å². The molecule has 0 spiro atoms. The van der Waals surface area contributed by atoms with E-state index in [0.717, 1.165) is 80.9 Å². The maximum absolute atomic E-state index is 15.7. The monoisotopic (exact) mass is 706 g/mol. The number of carbonyl (C=O) groups excluding carboxylic acids is 2. The first-order chi connectivity index (χ1) is 24.7. The molecule has 2 N–H and O–H groups in total. The summed E-state index contributed by atoms with van der Waals surface area (Å²) in [7, 11) is 0. The molecule has 0 amide bonds. The predicted octanol–water partition coefficient (Wildman–Crippen LogP) is 8.44. The zero-order valence-corrected chi connectivity index (χ0v) is 30.8. The normalized spacial score (nSPS) is 20.6. The fourth-order valence-corrected chi connectivity index (χ4v) is 7.75. The molecule has 0 aromatic heterocycles. The van der Waals surface area contributed by atoms with E-state index < -0.39 is 31.1 Å². The van der Waals surface area contributed by atoms with Gasteiger partial charge in [-0.2, -0.15) is 0 Å². The van der Waals surface area contributed by atoms with E-state index in [9.17, 15) is 9.59 Å². The van der Waals surface area contributed by atoms with Crippen LogP contribution in [0.25, 0.3) is 11.1 Å². The lowest BCUT2D eigenvalue weighted by Gasteiger charge is -2.38. The molecule has 2 aromatic rings. The second kappa shape index (κ2) is 20.6. The van der Waals surface area contributed by atoms with E-state index in [2.05, 4.69) is 51.3 Å². The number of benzene rings is 2. The highest BCUT2D eigenvalue weighted by Gasteiger charge is 2.33. The Bertz CT molecular complexity index is 1420. The first-order valence-corrected chi connectivity index (χ1v) is 19.1. The second-order valence-electron chi connectivity index (χ2n) is 14.6. The fraction of sp³-hybridized carbons (Fsp3) is 0.581. The Morgan fingerprint density at radius 1 is 0.804 bits per heavy atom. The number of aliphatic hydroxyl groups excluding tert-OH is 2. The van der Waals surface area contributed by atoms with E-state index >= 15 is 4.39 Å². The number of aryl methyl sites for hydroxylation is 2. The van der Waals surface area contributed by atoms with Crippen molar-refractivity contribution in [1.29, 1.82) is 0 Å². The lowest BCUT2D eigenvalue weighted by molar-refractivity contribution is -0.146. The summed E-state index contributed by atoms with van der Waals surface area (Å²) in [5.74, 6) is -0.415. The molecule has 0 bridgehead atoms. The third-order valence-corrected chi connectivity index (χ3v) is 11.0. The average molecular weight is 707 g/mol. The number of ether oxygens (including phenoxy) is 3. The van der Waals surface area contributed by atoms with Crippen LogP contribution in [-0.4, -0.2) is 61.3 Å². The van der Waals surface area contributed by atoms with Crippen LogP contribution < -0.4 is 0 Å². The number of unbranched alkanes of at least 4 members (excludes halogenated alkanes) is 2. The number of hydrogen-bond donors (Lipinski definition) is 2. The summed E-state index contributed by atoms with van der Waals surface area (Å²) in [5, 5.41) is 18.3. The molecule has 4 rings (SSSR count). The molecule has 2 fully saturated rings. The summed E-state index contributed by atoms with van der Waals surface area (Å²) in [4.78, 5) is 24.0. The Hall–Kier alpha value is -3.33. The third-order valence-electron chi connectivity index (χ3n) is 11.0. The van der Waals surface area contributed by atoms with Crippen LogP contribution in [0.15, 0.2) is 60.7 Å². The molecule has 0 saturated heterocycles. The van der Waals surface area contributed by atoms with Gasteiger partial charge in [0.15, 0.2) is 0 Å². The van der Waals surface area contributed by atoms with Crippen molar-refractivity contribution in [3.63, 3.8) is 0 Å². The van der Waals surface area contributed by atoms with Crippen LogP contribution in [0.3, 0.4) is 0 Å². The van der Waals surface area contributed by atoms with E-state index in [1.807, 2.05) is 6.07 Å². The van der Waals surface area contributed by atoms with Crippen molar-refractivity contribution >= 4 is 11.9 Å². The molecule has 8 heteroatoms. The zero-order valence-electron chi connectivity index (χ0n) is 30.8. The number of carbonyl (C=O) groups is 2. The van der Waals surface area contributed by atoms with Gasteiger partial charge in [-0.05, 0) is 122 Å². The van der Waals surface area contributed by atoms with E-state index in [0.29, 0.717) is 11.8 Å². The Balaban J connectivity index is 1.24. The van der Waals surface area contributed by atoms with Crippen molar-refractivity contribution < 1.29 is 38.4 Å². The van der Waals surface area contributed by atoms with Crippen molar-refractivity contribution in [2.45, 2.75) is 109 Å². The highest BCUT2D eigenvalue weighted by atomic mass is 19.1. The SMILES string of the molecule is C=C(CO)C(=O)OCC(COC(=O)C(=C)CO)COC1CCC(C2CCC(c3ccc(-c4ccc(CCCCC)cc4CC)cc3F)CC2)CC1. The van der Waals surface area contributed by atoms with Gasteiger partial charge in [-0.1, -0.05) is 70.2 Å². The summed E-state index contributed by atoms with van der Waals surface area (Å²) in [6.45, 7) is 10.5. The summed E-state index contributed by atoms with van der Waals surface area (Å²) < 4.78 is 32.4. The van der Waals surface area contributed by atoms with Crippen LogP contribution in [0.1, 0.15) is 107 Å². The molecule has 51 heavy (non-hydrogen) atoms. The molecule has 2 saturated carbocycles. The summed E-state index contributed by atoms with van der Waals surface area (Å²) in [6.07, 6.45) is 14.0. The maximum atomic E-state index is 15.7. The Morgan fingerprint density at radius 3 is 1.96 bits per heavy atom. The molecule has 2 aliphatic carbocycles. The van der Waals surface area contributed by atoms with Crippen LogP contribution >= 0.6 is 0 Å². The van der Waals surface area contributed by atoms with Crippen molar-refractivity contribution in [1.82, 2.24) is 0 Å². The minimum atomic E-state index is -0.715. The van der Waals surface area contributed by atoms with E-state index in [1.54, 1.807) is 6.07 Å². The number of esters is 2. The minimum Gasteiger partial charge on any atom is -0.462 e. The van der Waals surface area contributed by atoms with Crippen LogP contribution in [0.2, 0.25) is 0 Å². The molecule has 0 atom stereocenters. The summed E-state index contributed by atoms with van der Waals surface area (Å²) in [6, 6.07) is 12.6. The van der Waals surface area contributed by atoms with Gasteiger partial charge in [0.25, 0.3) is 0 Å². The van der Waals surface area contributed by atoms with E-state index in [4.69, 9.17) is 24.4 Å². The zero-order chi connectivity index (χ0) is 36.8. The van der Waals surface area contributed by atoms with Gasteiger partial charge < -0.3 is 24.4 Å². The van der Waals surface area contributed by atoms with Gasteiger partial charge in [-0.3, -0.25) is 0 Å². The number of rotatable bonds is 19.